The molecule has 24 aromatic carbocycles. The van der Waals surface area contributed by atoms with Crippen LogP contribution in [0.4, 0.5) is 0 Å². The number of nitrogens with zero attached hydrogens (tertiary/aromatic N) is 5. The Morgan fingerprint density at radius 3 is 1.06 bits per heavy atom. The predicted molar refractivity (Wildman–Crippen MR) is 619 cm³/mol. The lowest BCUT2D eigenvalue weighted by molar-refractivity contribution is 0.726. The first-order chi connectivity index (χ1) is 73.9. The molecule has 0 saturated carbocycles. The van der Waals surface area contributed by atoms with Crippen molar-refractivity contribution < 1.29 is 0 Å². The molecule has 3 spiro atoms. The van der Waals surface area contributed by atoms with Crippen molar-refractivity contribution >= 4 is 155 Å². The van der Waals surface area contributed by atoms with E-state index >= 15 is 0 Å². The lowest BCUT2D eigenvalue weighted by Crippen LogP contribution is -2.32. The Kier molecular flexibility index (Phi) is 16.9. The van der Waals surface area contributed by atoms with Gasteiger partial charge < -0.3 is 9.13 Å². The van der Waals surface area contributed by atoms with E-state index in [4.69, 9.17) is 9.97 Å². The molecule has 688 valence electrons. The Labute approximate surface area is 870 Å². The van der Waals surface area contributed by atoms with Gasteiger partial charge in [-0.05, 0) is 274 Å². The zero-order chi connectivity index (χ0) is 97.0. The summed E-state index contributed by atoms with van der Waals surface area (Å²) in [5.74, 6) is 0.621. The van der Waals surface area contributed by atoms with Gasteiger partial charge in [0, 0.05) is 84.0 Å². The third kappa shape index (κ3) is 10.9. The van der Waals surface area contributed by atoms with Gasteiger partial charge in [0.1, 0.15) is 0 Å². The Morgan fingerprint density at radius 2 is 0.530 bits per heavy atom. The topological polar surface area (TPSA) is 40.6 Å². The normalized spacial score (nSPS) is 15.4. The van der Waals surface area contributed by atoms with Crippen LogP contribution in [0.5, 0.6) is 0 Å². The average Bonchev–Trinajstić information content (AvgIpc) is 1.52. The fourth-order valence-corrected chi connectivity index (χ4v) is 32.2. The number of para-hydroxylation sites is 2. The zero-order valence-electron chi connectivity index (χ0n) is 80.2. The van der Waals surface area contributed by atoms with Gasteiger partial charge in [-0.2, -0.15) is 0 Å². The second-order valence-corrected chi connectivity index (χ2v) is 44.0. The summed E-state index contributed by atoms with van der Waals surface area (Å²) in [6.07, 6.45) is 0. The Balaban J connectivity index is 0.560. The highest BCUT2D eigenvalue weighted by Gasteiger charge is 2.56. The standard InChI is InChI=1S/C141H81N5S3/c1-3-29-82(30-4-1)84-57-59-86(60-58-84)134-103-41-15-23-53-116(103)142-138(143-134)146-119-75-66-91-80-89(63-69-98(91)130(119)133-122(146)78-72-113-135(133)147-123-54-24-20-48-108(123)139(113)104-44-16-11-37-99(104)100-38-12-17-45-105(100)139)96-43-28-51-111-127(96)101-39-13-18-46-106(101)140(111)109-49-21-25-55-124(109)148-136-114(140)70-76-120-131(136)129-97-68-62-88(79-90(97)65-74-117(129)144(120)92-34-5-2-6-35-92)95-42-27-52-112-126(95)102-40-14-19-47-107(102)141(112)110-50-22-26-56-125(110)149-137-115(141)71-77-121-132(137)128-94-36-10-9-32-85(94)64-73-118(128)145(121)93-67-61-83-31-7-8-33-87(83)81-93/h1-81H. The molecule has 7 heterocycles. The molecule has 0 fully saturated rings. The van der Waals surface area contributed by atoms with Gasteiger partial charge in [0.25, 0.3) is 0 Å². The van der Waals surface area contributed by atoms with Gasteiger partial charge in [-0.3, -0.25) is 4.57 Å². The maximum atomic E-state index is 5.81. The predicted octanol–water partition coefficient (Wildman–Crippen LogP) is 36.7. The SMILES string of the molecule is c1ccc(-c2ccc(-c3nc(-n4c5ccc6c(c5c5c7ccc(-c8cccc9c8-c8ccccc8C98c9ccccc9Sc9c8ccc8c9c9c%10ccc(-c%11cccc%12c%11-c%11ccccc%11C%12%11c%12ccccc%12Sc%12c%11ccc%11c%12c%12c%13ccccc%13ccc%12n%11-c%11ccc%12ccccc%12c%11)cc%10ccc9n8-c8ccccc8)cc7ccc54)Sc4ccccc4C64c5ccccc5-c5ccccc54)nc4ccccc34)cc2)cc1. The van der Waals surface area contributed by atoms with Crippen molar-refractivity contribution in [1.29, 1.82) is 0 Å². The molecule has 149 heavy (non-hydrogen) atoms. The number of fused-ring (bicyclic) bond motifs is 47. The quantitative estimate of drug-likeness (QED) is 0.159. The first-order valence-corrected chi connectivity index (χ1v) is 53.9. The van der Waals surface area contributed by atoms with E-state index in [1.165, 1.54) is 238 Å². The third-order valence-electron chi connectivity index (χ3n) is 34.0. The number of benzene rings is 24. The van der Waals surface area contributed by atoms with Crippen LogP contribution >= 0.6 is 35.3 Å². The van der Waals surface area contributed by atoms with Crippen LogP contribution in [0.15, 0.2) is 521 Å². The Bertz CT molecular complexity index is 10800. The molecule has 28 aromatic rings. The summed E-state index contributed by atoms with van der Waals surface area (Å²) in [5.41, 5.74) is 40.1. The molecule has 0 saturated heterocycles. The number of aromatic nitrogens is 5. The molecular formula is C141H81N5S3. The highest BCUT2D eigenvalue weighted by atomic mass is 32.2. The molecule has 2 unspecified atom stereocenters. The van der Waals surface area contributed by atoms with Crippen LogP contribution in [0.25, 0.3) is 215 Å². The summed E-state index contributed by atoms with van der Waals surface area (Å²) in [7, 11) is 0. The Morgan fingerprint density at radius 1 is 0.181 bits per heavy atom. The monoisotopic (exact) mass is 1940 g/mol. The summed E-state index contributed by atoms with van der Waals surface area (Å²) < 4.78 is 7.45. The van der Waals surface area contributed by atoms with E-state index in [0.717, 1.165) is 66.5 Å². The fraction of sp³-hybridized carbons (Fsp3) is 0.0213. The second kappa shape index (κ2) is 30.6. The van der Waals surface area contributed by atoms with Crippen molar-refractivity contribution in [3.63, 3.8) is 0 Å². The molecule has 0 radical (unpaired) electrons. The molecule has 3 aliphatic heterocycles. The van der Waals surface area contributed by atoms with E-state index in [9.17, 15) is 0 Å². The largest absolute Gasteiger partial charge is 0.309 e. The molecule has 2 atom stereocenters. The van der Waals surface area contributed by atoms with Crippen LogP contribution in [0.2, 0.25) is 0 Å². The zero-order valence-corrected chi connectivity index (χ0v) is 82.7. The lowest BCUT2D eigenvalue weighted by atomic mass is 9.67. The molecule has 0 N–H and O–H groups in total. The minimum atomic E-state index is -0.739. The molecule has 5 nitrogen and oxygen atoms in total. The highest BCUT2D eigenvalue weighted by molar-refractivity contribution is 8.00. The summed E-state index contributed by atoms with van der Waals surface area (Å²) in [5, 5.41) is 18.1. The van der Waals surface area contributed by atoms with E-state index in [2.05, 4.69) is 505 Å². The number of hydrogen-bond donors (Lipinski definition) is 0. The molecule has 3 aliphatic carbocycles. The van der Waals surface area contributed by atoms with Gasteiger partial charge in [0.05, 0.1) is 60.6 Å². The smallest absolute Gasteiger partial charge is 0.235 e. The van der Waals surface area contributed by atoms with Crippen molar-refractivity contribution in [2.45, 2.75) is 45.6 Å². The van der Waals surface area contributed by atoms with Crippen molar-refractivity contribution in [2.75, 3.05) is 0 Å². The molecule has 4 aromatic heterocycles. The molecule has 6 aliphatic rings. The van der Waals surface area contributed by atoms with E-state index in [1.807, 2.05) is 35.3 Å². The minimum Gasteiger partial charge on any atom is -0.309 e. The summed E-state index contributed by atoms with van der Waals surface area (Å²) >= 11 is 5.80. The second-order valence-electron chi connectivity index (χ2n) is 40.9. The number of rotatable bonds is 7. The molecule has 34 rings (SSSR count). The highest BCUT2D eigenvalue weighted by Crippen LogP contribution is 2.70. The summed E-state index contributed by atoms with van der Waals surface area (Å²) in [6, 6.07) is 187. The van der Waals surface area contributed by atoms with Gasteiger partial charge in [-0.1, -0.05) is 430 Å². The average molecular weight is 1940 g/mol. The van der Waals surface area contributed by atoms with Gasteiger partial charge in [-0.15, -0.1) is 0 Å². The van der Waals surface area contributed by atoms with Gasteiger partial charge in [0.2, 0.25) is 5.95 Å². The summed E-state index contributed by atoms with van der Waals surface area (Å²) in [6.45, 7) is 0. The lowest BCUT2D eigenvalue weighted by Gasteiger charge is -2.40. The van der Waals surface area contributed by atoms with Crippen LogP contribution in [0.1, 0.15) is 66.8 Å². The van der Waals surface area contributed by atoms with Crippen LogP contribution in [0.3, 0.4) is 0 Å². The van der Waals surface area contributed by atoms with Crippen LogP contribution < -0.4 is 0 Å². The van der Waals surface area contributed by atoms with Crippen molar-refractivity contribution in [3.8, 4) is 95.3 Å². The van der Waals surface area contributed by atoms with Gasteiger partial charge in [-0.25, -0.2) is 9.97 Å². The first-order valence-electron chi connectivity index (χ1n) is 51.5. The maximum absolute atomic E-state index is 5.81. The first kappa shape index (κ1) is 82.4. The van der Waals surface area contributed by atoms with Gasteiger partial charge >= 0.3 is 0 Å². The third-order valence-corrected chi connectivity index (χ3v) is 37.6. The van der Waals surface area contributed by atoms with Crippen LogP contribution in [-0.4, -0.2) is 23.7 Å². The maximum Gasteiger partial charge on any atom is 0.235 e. The van der Waals surface area contributed by atoms with Crippen molar-refractivity contribution in [2.24, 2.45) is 0 Å². The van der Waals surface area contributed by atoms with E-state index in [0.29, 0.717) is 5.95 Å². The number of hydrogen-bond acceptors (Lipinski definition) is 5. The minimum absolute atomic E-state index is 0.614. The molecule has 0 amide bonds. The summed E-state index contributed by atoms with van der Waals surface area (Å²) in [4.78, 5) is 19.1. The molecular weight excluding hydrogens is 1860 g/mol. The van der Waals surface area contributed by atoms with Crippen molar-refractivity contribution in [1.82, 2.24) is 23.7 Å². The molecule has 8 heteroatoms. The van der Waals surface area contributed by atoms with Crippen LogP contribution in [0, 0.1) is 0 Å². The van der Waals surface area contributed by atoms with E-state index in [-0.39, 0.29) is 0 Å². The van der Waals surface area contributed by atoms with Gasteiger partial charge in [0.15, 0.2) is 0 Å². The van der Waals surface area contributed by atoms with E-state index < -0.39 is 16.2 Å². The van der Waals surface area contributed by atoms with Crippen molar-refractivity contribution in [3.05, 3.63) is 558 Å². The Hall–Kier alpha value is -17.9. The molecule has 0 bridgehead atoms. The van der Waals surface area contributed by atoms with Crippen LogP contribution in [-0.2, 0) is 16.2 Å². The fourth-order valence-electron chi connectivity index (χ4n) is 28.1. The van der Waals surface area contributed by atoms with E-state index in [1.54, 1.807) is 0 Å².